The van der Waals surface area contributed by atoms with Crippen LogP contribution >= 0.6 is 15.9 Å². The summed E-state index contributed by atoms with van der Waals surface area (Å²) in [6, 6.07) is 0.00312. The van der Waals surface area contributed by atoms with Crippen LogP contribution in [0.25, 0.3) is 0 Å². The van der Waals surface area contributed by atoms with E-state index in [0.29, 0.717) is 12.0 Å². The lowest BCUT2D eigenvalue weighted by Gasteiger charge is -2.19. The summed E-state index contributed by atoms with van der Waals surface area (Å²) in [6.07, 6.45) is 4.26. The lowest BCUT2D eigenvalue weighted by atomic mass is 9.95. The van der Waals surface area contributed by atoms with E-state index in [2.05, 4.69) is 34.9 Å². The fraction of sp³-hybridized carbons (Fsp3) is 0.750. The van der Waals surface area contributed by atoms with Crippen LogP contribution in [0.4, 0.5) is 0 Å². The van der Waals surface area contributed by atoms with E-state index in [0.717, 1.165) is 36.2 Å². The molecular weight excluding hydrogens is 282 g/mol. The molecule has 0 amide bonds. The van der Waals surface area contributed by atoms with Crippen LogP contribution in [0.2, 0.25) is 0 Å². The van der Waals surface area contributed by atoms with Gasteiger partial charge in [0.25, 0.3) is 0 Å². The molecule has 5 heteroatoms. The van der Waals surface area contributed by atoms with E-state index in [4.69, 9.17) is 10.5 Å². The van der Waals surface area contributed by atoms with Crippen molar-refractivity contribution in [2.24, 2.45) is 11.7 Å². The van der Waals surface area contributed by atoms with Gasteiger partial charge in [0.15, 0.2) is 0 Å². The molecular formula is C12H20BrN3O. The number of aryl methyl sites for hydroxylation is 1. The highest BCUT2D eigenvalue weighted by atomic mass is 79.9. The molecule has 4 nitrogen and oxygen atoms in total. The normalized spacial score (nSPS) is 26.4. The summed E-state index contributed by atoms with van der Waals surface area (Å²) in [6.45, 7) is 5.92. The molecule has 1 aromatic heterocycles. The SMILES string of the molecule is CCCn1ncc(Br)c1C(N)C1COC(C)C1. The minimum atomic E-state index is 0.00312. The zero-order chi connectivity index (χ0) is 12.4. The molecule has 2 N–H and O–H groups in total. The highest BCUT2D eigenvalue weighted by Crippen LogP contribution is 2.33. The third-order valence-corrected chi connectivity index (χ3v) is 3.93. The number of hydrogen-bond acceptors (Lipinski definition) is 3. The second-order valence-electron chi connectivity index (χ2n) is 4.77. The first-order valence-electron chi connectivity index (χ1n) is 6.21. The monoisotopic (exact) mass is 301 g/mol. The van der Waals surface area contributed by atoms with Crippen molar-refractivity contribution >= 4 is 15.9 Å². The lowest BCUT2D eigenvalue weighted by Crippen LogP contribution is -2.25. The first-order valence-corrected chi connectivity index (χ1v) is 7.01. The molecule has 3 unspecified atom stereocenters. The Balaban J connectivity index is 2.17. The number of hydrogen-bond donors (Lipinski definition) is 1. The smallest absolute Gasteiger partial charge is 0.0697 e. The zero-order valence-corrected chi connectivity index (χ0v) is 12.0. The predicted molar refractivity (Wildman–Crippen MR) is 70.7 cm³/mol. The Morgan fingerprint density at radius 3 is 3.06 bits per heavy atom. The van der Waals surface area contributed by atoms with Gasteiger partial charge in [-0.3, -0.25) is 4.68 Å². The molecule has 0 aromatic carbocycles. The van der Waals surface area contributed by atoms with Gasteiger partial charge in [-0.25, -0.2) is 0 Å². The molecule has 0 aliphatic carbocycles. The molecule has 0 spiro atoms. The molecule has 2 rings (SSSR count). The van der Waals surface area contributed by atoms with E-state index in [1.54, 1.807) is 0 Å². The molecule has 1 aliphatic rings. The molecule has 2 heterocycles. The molecule has 0 radical (unpaired) electrons. The maximum Gasteiger partial charge on any atom is 0.0697 e. The number of halogens is 1. The highest BCUT2D eigenvalue weighted by Gasteiger charge is 2.31. The van der Waals surface area contributed by atoms with Gasteiger partial charge in [0.05, 0.1) is 35.1 Å². The van der Waals surface area contributed by atoms with E-state index in [9.17, 15) is 0 Å². The van der Waals surface area contributed by atoms with E-state index in [1.807, 2.05) is 10.9 Å². The van der Waals surface area contributed by atoms with Crippen LogP contribution in [0.5, 0.6) is 0 Å². The van der Waals surface area contributed by atoms with Gasteiger partial charge in [-0.2, -0.15) is 5.10 Å². The van der Waals surface area contributed by atoms with E-state index >= 15 is 0 Å². The van der Waals surface area contributed by atoms with Gasteiger partial charge < -0.3 is 10.5 Å². The molecule has 3 atom stereocenters. The maximum absolute atomic E-state index is 6.37. The van der Waals surface area contributed by atoms with Crippen molar-refractivity contribution in [2.45, 2.75) is 45.4 Å². The molecule has 96 valence electrons. The van der Waals surface area contributed by atoms with Crippen molar-refractivity contribution in [3.05, 3.63) is 16.4 Å². The third kappa shape index (κ3) is 2.72. The van der Waals surface area contributed by atoms with Gasteiger partial charge in [-0.1, -0.05) is 6.92 Å². The number of rotatable bonds is 4. The topological polar surface area (TPSA) is 53.1 Å². The van der Waals surface area contributed by atoms with Gasteiger partial charge >= 0.3 is 0 Å². The molecule has 1 aliphatic heterocycles. The second kappa shape index (κ2) is 5.50. The van der Waals surface area contributed by atoms with Crippen LogP contribution in [0, 0.1) is 5.92 Å². The largest absolute Gasteiger partial charge is 0.378 e. The van der Waals surface area contributed by atoms with Gasteiger partial charge in [0, 0.05) is 12.5 Å². The summed E-state index contributed by atoms with van der Waals surface area (Å²) in [5.74, 6) is 0.397. The average Bonchev–Trinajstić information content (AvgIpc) is 2.86. The molecule has 1 saturated heterocycles. The molecule has 0 saturated carbocycles. The van der Waals surface area contributed by atoms with Crippen molar-refractivity contribution < 1.29 is 4.74 Å². The van der Waals surface area contributed by atoms with Gasteiger partial charge in [0.1, 0.15) is 0 Å². The molecule has 17 heavy (non-hydrogen) atoms. The summed E-state index contributed by atoms with van der Waals surface area (Å²) < 4.78 is 8.62. The minimum absolute atomic E-state index is 0.00312. The highest BCUT2D eigenvalue weighted by molar-refractivity contribution is 9.10. The summed E-state index contributed by atoms with van der Waals surface area (Å²) in [5.41, 5.74) is 7.47. The van der Waals surface area contributed by atoms with Crippen LogP contribution in [-0.2, 0) is 11.3 Å². The van der Waals surface area contributed by atoms with E-state index in [-0.39, 0.29) is 6.04 Å². The van der Waals surface area contributed by atoms with Crippen molar-refractivity contribution in [1.82, 2.24) is 9.78 Å². The Hall–Kier alpha value is -0.390. The third-order valence-electron chi connectivity index (χ3n) is 3.32. The summed E-state index contributed by atoms with van der Waals surface area (Å²) in [4.78, 5) is 0. The van der Waals surface area contributed by atoms with Gasteiger partial charge in [-0.05, 0) is 35.7 Å². The van der Waals surface area contributed by atoms with Crippen LogP contribution in [0.15, 0.2) is 10.7 Å². The van der Waals surface area contributed by atoms with Crippen LogP contribution in [0.3, 0.4) is 0 Å². The summed E-state index contributed by atoms with van der Waals surface area (Å²) in [5, 5.41) is 4.37. The zero-order valence-electron chi connectivity index (χ0n) is 10.4. The average molecular weight is 302 g/mol. The van der Waals surface area contributed by atoms with Crippen LogP contribution in [0.1, 0.15) is 38.4 Å². The van der Waals surface area contributed by atoms with Crippen LogP contribution in [-0.4, -0.2) is 22.5 Å². The second-order valence-corrected chi connectivity index (χ2v) is 5.62. The van der Waals surface area contributed by atoms with Crippen molar-refractivity contribution in [2.75, 3.05) is 6.61 Å². The lowest BCUT2D eigenvalue weighted by molar-refractivity contribution is 0.118. The first kappa shape index (κ1) is 13.1. The number of nitrogens with zero attached hydrogens (tertiary/aromatic N) is 2. The quantitative estimate of drug-likeness (QED) is 0.929. The Labute approximate surface area is 111 Å². The summed E-state index contributed by atoms with van der Waals surface area (Å²) in [7, 11) is 0. The van der Waals surface area contributed by atoms with Crippen LogP contribution < -0.4 is 5.73 Å². The summed E-state index contributed by atoms with van der Waals surface area (Å²) >= 11 is 3.55. The Morgan fingerprint density at radius 1 is 1.71 bits per heavy atom. The fourth-order valence-electron chi connectivity index (χ4n) is 2.42. The fourth-order valence-corrected chi connectivity index (χ4v) is 2.98. The number of aromatic nitrogens is 2. The minimum Gasteiger partial charge on any atom is -0.378 e. The Kier molecular flexibility index (Phi) is 4.22. The van der Waals surface area contributed by atoms with E-state index in [1.165, 1.54) is 0 Å². The molecule has 1 aromatic rings. The number of ether oxygens (including phenoxy) is 1. The van der Waals surface area contributed by atoms with Crippen molar-refractivity contribution in [1.29, 1.82) is 0 Å². The van der Waals surface area contributed by atoms with E-state index < -0.39 is 0 Å². The molecule has 1 fully saturated rings. The molecule has 0 bridgehead atoms. The first-order chi connectivity index (χ1) is 8.13. The predicted octanol–water partition coefficient (Wildman–Crippen LogP) is 2.48. The van der Waals surface area contributed by atoms with Crippen molar-refractivity contribution in [3.8, 4) is 0 Å². The number of nitrogens with two attached hydrogens (primary N) is 1. The Morgan fingerprint density at radius 2 is 2.47 bits per heavy atom. The van der Waals surface area contributed by atoms with Gasteiger partial charge in [-0.15, -0.1) is 0 Å². The standard InChI is InChI=1S/C12H20BrN3O/c1-3-4-16-12(10(13)6-15-16)11(14)9-5-8(2)17-7-9/h6,8-9,11H,3-5,7,14H2,1-2H3. The maximum atomic E-state index is 6.37. The Bertz CT molecular complexity index is 380. The van der Waals surface area contributed by atoms with Gasteiger partial charge in [0.2, 0.25) is 0 Å². The van der Waals surface area contributed by atoms with Crippen molar-refractivity contribution in [3.63, 3.8) is 0 Å².